The first-order chi connectivity index (χ1) is 17.1. The fraction of sp³-hybridized carbons (Fsp3) is 0.125. The summed E-state index contributed by atoms with van der Waals surface area (Å²) in [4.78, 5) is 21.4. The van der Waals surface area contributed by atoms with Crippen molar-refractivity contribution < 1.29 is 9.53 Å². The predicted octanol–water partition coefficient (Wildman–Crippen LogP) is 5.72. The van der Waals surface area contributed by atoms with Crippen molar-refractivity contribution in [1.82, 2.24) is 24.7 Å². The highest BCUT2D eigenvalue weighted by Gasteiger charge is 2.19. The molecule has 0 radical (unpaired) electrons. The second-order valence-electron chi connectivity index (χ2n) is 7.25. The van der Waals surface area contributed by atoms with Crippen LogP contribution in [0.15, 0.2) is 72.1 Å². The molecule has 0 aliphatic carbocycles. The molecule has 5 rings (SSSR count). The van der Waals surface area contributed by atoms with E-state index in [0.29, 0.717) is 27.7 Å². The minimum Gasteiger partial charge on any atom is -0.494 e. The number of aromatic nitrogens is 5. The monoisotopic (exact) mass is 522 g/mol. The van der Waals surface area contributed by atoms with Gasteiger partial charge in [-0.3, -0.25) is 14.3 Å². The zero-order valence-corrected chi connectivity index (χ0v) is 20.9. The van der Waals surface area contributed by atoms with Crippen molar-refractivity contribution in [2.75, 3.05) is 17.7 Å². The minimum atomic E-state index is -0.198. The van der Waals surface area contributed by atoms with Crippen molar-refractivity contribution in [3.8, 4) is 22.8 Å². The van der Waals surface area contributed by atoms with Gasteiger partial charge in [0, 0.05) is 18.0 Å². The second kappa shape index (κ2) is 10.4. The van der Waals surface area contributed by atoms with Gasteiger partial charge in [0.25, 0.3) is 0 Å². The summed E-state index contributed by atoms with van der Waals surface area (Å²) in [6.45, 7) is 2.53. The van der Waals surface area contributed by atoms with Crippen LogP contribution < -0.4 is 10.1 Å². The first-order valence-corrected chi connectivity index (χ1v) is 12.9. The standard InChI is InChI=1S/C24H19ClN6O2S2/c1-2-33-16-9-10-18-20(12-16)35-23(27-18)28-21(32)14-34-24-30-29-22(15-6-5-11-26-13-15)31(24)19-8-4-3-7-17(19)25/h3-13H,2,14H2,1H3,(H,27,28,32). The summed E-state index contributed by atoms with van der Waals surface area (Å²) in [6, 6.07) is 16.8. The molecule has 0 saturated carbocycles. The molecule has 0 fully saturated rings. The van der Waals surface area contributed by atoms with Gasteiger partial charge in [0.05, 0.1) is 33.3 Å². The molecular formula is C24H19ClN6O2S2. The van der Waals surface area contributed by atoms with E-state index in [1.54, 1.807) is 18.5 Å². The number of amides is 1. The summed E-state index contributed by atoms with van der Waals surface area (Å²) >= 11 is 9.16. The first kappa shape index (κ1) is 23.3. The maximum Gasteiger partial charge on any atom is 0.236 e. The Hall–Kier alpha value is -3.47. The maximum atomic E-state index is 12.7. The molecule has 0 saturated heterocycles. The molecule has 3 aromatic heterocycles. The summed E-state index contributed by atoms with van der Waals surface area (Å²) in [5, 5.41) is 13.2. The van der Waals surface area contributed by atoms with Crippen molar-refractivity contribution >= 4 is 56.0 Å². The van der Waals surface area contributed by atoms with Crippen molar-refractivity contribution in [3.63, 3.8) is 0 Å². The molecular weight excluding hydrogens is 504 g/mol. The van der Waals surface area contributed by atoms with Crippen LogP contribution >= 0.6 is 34.7 Å². The highest BCUT2D eigenvalue weighted by atomic mass is 35.5. The number of ether oxygens (including phenoxy) is 1. The predicted molar refractivity (Wildman–Crippen MR) is 140 cm³/mol. The summed E-state index contributed by atoms with van der Waals surface area (Å²) in [6.07, 6.45) is 3.40. The van der Waals surface area contributed by atoms with Crippen LogP contribution in [0.5, 0.6) is 5.75 Å². The summed E-state index contributed by atoms with van der Waals surface area (Å²) in [5.74, 6) is 1.29. The first-order valence-electron chi connectivity index (χ1n) is 10.7. The fourth-order valence-corrected chi connectivity index (χ4v) is 5.27. The Morgan fingerprint density at radius 2 is 2.06 bits per heavy atom. The molecule has 1 N–H and O–H groups in total. The van der Waals surface area contributed by atoms with Gasteiger partial charge in [-0.15, -0.1) is 10.2 Å². The number of halogens is 1. The Labute approximate surface area is 214 Å². The Morgan fingerprint density at radius 1 is 1.17 bits per heavy atom. The molecule has 0 spiro atoms. The van der Waals surface area contributed by atoms with E-state index in [4.69, 9.17) is 16.3 Å². The lowest BCUT2D eigenvalue weighted by atomic mass is 10.2. The third kappa shape index (κ3) is 5.14. The number of nitrogens with zero attached hydrogens (tertiary/aromatic N) is 5. The van der Waals surface area contributed by atoms with Crippen LogP contribution in [0.2, 0.25) is 5.02 Å². The molecule has 35 heavy (non-hydrogen) atoms. The van der Waals surface area contributed by atoms with Crippen LogP contribution in [0.3, 0.4) is 0 Å². The fourth-order valence-electron chi connectivity index (χ4n) is 3.40. The molecule has 0 bridgehead atoms. The molecule has 0 aliphatic rings. The van der Waals surface area contributed by atoms with Gasteiger partial charge in [-0.2, -0.15) is 0 Å². The number of carbonyl (C=O) groups excluding carboxylic acids is 1. The number of thioether (sulfide) groups is 1. The minimum absolute atomic E-state index is 0.121. The van der Waals surface area contributed by atoms with Crippen LogP contribution in [-0.4, -0.2) is 43.0 Å². The maximum absolute atomic E-state index is 12.7. The number of hydrogen-bond donors (Lipinski definition) is 1. The molecule has 2 aromatic carbocycles. The van der Waals surface area contributed by atoms with Gasteiger partial charge < -0.3 is 10.1 Å². The number of anilines is 1. The molecule has 176 valence electrons. The highest BCUT2D eigenvalue weighted by molar-refractivity contribution is 7.99. The van der Waals surface area contributed by atoms with Crippen LogP contribution in [0, 0.1) is 0 Å². The Balaban J connectivity index is 1.36. The van der Waals surface area contributed by atoms with Crippen LogP contribution in [0.1, 0.15) is 6.92 Å². The topological polar surface area (TPSA) is 94.8 Å². The molecule has 3 heterocycles. The highest BCUT2D eigenvalue weighted by Crippen LogP contribution is 2.32. The molecule has 8 nitrogen and oxygen atoms in total. The number of nitrogens with one attached hydrogen (secondary N) is 1. The summed E-state index contributed by atoms with van der Waals surface area (Å²) < 4.78 is 8.32. The van der Waals surface area contributed by atoms with E-state index in [-0.39, 0.29) is 11.7 Å². The average Bonchev–Trinajstić information content (AvgIpc) is 3.47. The van der Waals surface area contributed by atoms with Crippen molar-refractivity contribution in [3.05, 3.63) is 72.0 Å². The summed E-state index contributed by atoms with van der Waals surface area (Å²) in [5.41, 5.74) is 2.32. The molecule has 5 aromatic rings. The van der Waals surface area contributed by atoms with Crippen LogP contribution in [0.4, 0.5) is 5.13 Å². The number of pyridine rings is 1. The van der Waals surface area contributed by atoms with Gasteiger partial charge >= 0.3 is 0 Å². The van der Waals surface area contributed by atoms with Crippen molar-refractivity contribution in [1.29, 1.82) is 0 Å². The lowest BCUT2D eigenvalue weighted by Crippen LogP contribution is -2.14. The van der Waals surface area contributed by atoms with E-state index in [0.717, 1.165) is 27.2 Å². The van der Waals surface area contributed by atoms with Gasteiger partial charge in [0.1, 0.15) is 5.75 Å². The van der Waals surface area contributed by atoms with Gasteiger partial charge in [-0.1, -0.05) is 46.8 Å². The third-order valence-corrected chi connectivity index (χ3v) is 7.08. The van der Waals surface area contributed by atoms with Crippen LogP contribution in [-0.2, 0) is 4.79 Å². The number of para-hydroxylation sites is 1. The average molecular weight is 523 g/mol. The zero-order chi connectivity index (χ0) is 24.2. The number of thiazole rings is 1. The SMILES string of the molecule is CCOc1ccc2nc(NC(=O)CSc3nnc(-c4cccnc4)n3-c3ccccc3Cl)sc2c1. The number of hydrogen-bond acceptors (Lipinski definition) is 8. The number of fused-ring (bicyclic) bond motifs is 1. The molecule has 0 atom stereocenters. The van der Waals surface area contributed by atoms with Crippen molar-refractivity contribution in [2.45, 2.75) is 12.1 Å². The number of rotatable bonds is 8. The quantitative estimate of drug-likeness (QED) is 0.260. The summed E-state index contributed by atoms with van der Waals surface area (Å²) in [7, 11) is 0. The zero-order valence-electron chi connectivity index (χ0n) is 18.5. The molecule has 0 unspecified atom stereocenters. The second-order valence-corrected chi connectivity index (χ2v) is 9.63. The van der Waals surface area contributed by atoms with Crippen LogP contribution in [0.25, 0.3) is 27.3 Å². The Kier molecular flexibility index (Phi) is 6.94. The molecule has 11 heteroatoms. The lowest BCUT2D eigenvalue weighted by Gasteiger charge is -2.11. The normalized spacial score (nSPS) is 11.0. The van der Waals surface area contributed by atoms with Gasteiger partial charge in [-0.05, 0) is 49.4 Å². The Morgan fingerprint density at radius 3 is 2.86 bits per heavy atom. The number of carbonyl (C=O) groups is 1. The van der Waals surface area contributed by atoms with Gasteiger partial charge in [0.15, 0.2) is 16.1 Å². The van der Waals surface area contributed by atoms with Gasteiger partial charge in [-0.25, -0.2) is 4.98 Å². The largest absolute Gasteiger partial charge is 0.494 e. The van der Waals surface area contributed by atoms with E-state index >= 15 is 0 Å². The Bertz CT molecular complexity index is 1490. The van der Waals surface area contributed by atoms with E-state index in [2.05, 4.69) is 25.5 Å². The van der Waals surface area contributed by atoms with E-state index in [1.807, 2.05) is 60.0 Å². The molecule has 0 aliphatic heterocycles. The van der Waals surface area contributed by atoms with E-state index in [1.165, 1.54) is 23.1 Å². The van der Waals surface area contributed by atoms with E-state index < -0.39 is 0 Å². The number of benzene rings is 2. The van der Waals surface area contributed by atoms with E-state index in [9.17, 15) is 4.79 Å². The van der Waals surface area contributed by atoms with Gasteiger partial charge in [0.2, 0.25) is 5.91 Å². The smallest absolute Gasteiger partial charge is 0.236 e. The third-order valence-electron chi connectivity index (χ3n) is 4.90. The lowest BCUT2D eigenvalue weighted by molar-refractivity contribution is -0.113. The van der Waals surface area contributed by atoms with Crippen molar-refractivity contribution in [2.24, 2.45) is 0 Å². The molecule has 1 amide bonds.